The Morgan fingerprint density at radius 1 is 1.07 bits per heavy atom. The van der Waals surface area contributed by atoms with Crippen molar-refractivity contribution < 1.29 is 33.3 Å². The highest BCUT2D eigenvalue weighted by molar-refractivity contribution is 5.78. The van der Waals surface area contributed by atoms with Gasteiger partial charge < -0.3 is 29.1 Å². The Morgan fingerprint density at radius 2 is 1.80 bits per heavy atom. The predicted molar refractivity (Wildman–Crippen MR) is 167 cm³/mol. The maximum Gasteiger partial charge on any atom is 0.410 e. The summed E-state index contributed by atoms with van der Waals surface area (Å²) in [6.07, 6.45) is 5.47. The van der Waals surface area contributed by atoms with Crippen molar-refractivity contribution in [3.63, 3.8) is 0 Å². The number of nitrogens with zero attached hydrogens (tertiary/aromatic N) is 5. The fraction of sp³-hybridized carbons (Fsp3) is 0.636. The number of esters is 1. The lowest BCUT2D eigenvalue weighted by Crippen LogP contribution is -2.48. The lowest BCUT2D eigenvalue weighted by molar-refractivity contribution is -0.151. The minimum Gasteiger partial charge on any atom is -0.457 e. The first-order chi connectivity index (χ1) is 21.6. The highest BCUT2D eigenvalue weighted by atomic mass is 19.1. The lowest BCUT2D eigenvalue weighted by Gasteiger charge is -2.33. The normalized spacial score (nSPS) is 29.1. The van der Waals surface area contributed by atoms with Gasteiger partial charge >= 0.3 is 12.1 Å². The second-order valence-corrected chi connectivity index (χ2v) is 12.8. The maximum absolute atomic E-state index is 15.2. The molecule has 0 bridgehead atoms. The zero-order valence-electron chi connectivity index (χ0n) is 26.7. The molecule has 2 saturated heterocycles. The van der Waals surface area contributed by atoms with Gasteiger partial charge in [0.2, 0.25) is 0 Å². The fourth-order valence-corrected chi connectivity index (χ4v) is 6.15. The Labute approximate surface area is 264 Å². The number of rotatable bonds is 4. The third-order valence-corrected chi connectivity index (χ3v) is 9.10. The maximum atomic E-state index is 15.2. The standard InChI is InChI=1S/C33H46FN5O6/c1-21-5-7-26(40)20-30(41)45-32(22(2)6-8-29(21)44-33(42)38-13-11-37(4)12-14-38)23(3)17-24-18-27(34)31-28(19-24)35-39(36-31)25-9-15-43-16-10-25/h6,8,17-19,21-22,25-26,29,32,40H,5,7,9-16,20H2,1-4H3/b8-6+,23-17+/t21-,22-,26+,29+,32-/m0/s1. The Kier molecular flexibility index (Phi) is 10.9. The number of halogens is 1. The Bertz CT molecular complexity index is 1400. The number of carbonyl (C=O) groups is 2. The van der Waals surface area contributed by atoms with Crippen molar-refractivity contribution in [2.24, 2.45) is 11.8 Å². The van der Waals surface area contributed by atoms with E-state index in [-0.39, 0.29) is 35.9 Å². The van der Waals surface area contributed by atoms with E-state index in [1.165, 1.54) is 6.07 Å². The highest BCUT2D eigenvalue weighted by Gasteiger charge is 2.29. The van der Waals surface area contributed by atoms with Crippen molar-refractivity contribution in [1.29, 1.82) is 0 Å². The van der Waals surface area contributed by atoms with E-state index in [0.717, 1.165) is 25.9 Å². The summed E-state index contributed by atoms with van der Waals surface area (Å²) in [6.45, 7) is 9.78. The van der Waals surface area contributed by atoms with Gasteiger partial charge in [0, 0.05) is 45.3 Å². The van der Waals surface area contributed by atoms with Crippen LogP contribution in [-0.4, -0.2) is 107 Å². The van der Waals surface area contributed by atoms with Crippen LogP contribution in [0.15, 0.2) is 29.9 Å². The Hall–Kier alpha value is -3.35. The number of fused-ring (bicyclic) bond motifs is 1. The predicted octanol–water partition coefficient (Wildman–Crippen LogP) is 4.36. The SMILES string of the molecule is C/C(=C\c1cc(F)c2nn(C3CCOCC3)nc2c1)[C@H]1OC(=O)C[C@H](O)CC[C@H](C)[C@H](OC(=O)N2CCN(C)CC2)/C=C/[C@@H]1C. The molecule has 1 aromatic carbocycles. The van der Waals surface area contributed by atoms with Crippen LogP contribution in [0.2, 0.25) is 0 Å². The molecule has 2 aromatic rings. The molecule has 0 spiro atoms. The summed E-state index contributed by atoms with van der Waals surface area (Å²) >= 11 is 0. The Balaban J connectivity index is 1.37. The van der Waals surface area contributed by atoms with Crippen LogP contribution in [0.5, 0.6) is 0 Å². The molecular formula is C33H46FN5O6. The van der Waals surface area contributed by atoms with Gasteiger partial charge in [-0.05, 0) is 74.9 Å². The summed E-state index contributed by atoms with van der Waals surface area (Å²) in [5, 5.41) is 19.6. The molecule has 0 unspecified atom stereocenters. The number of hydrogen-bond acceptors (Lipinski definition) is 9. The van der Waals surface area contributed by atoms with E-state index in [1.807, 2.05) is 40.0 Å². The fourth-order valence-electron chi connectivity index (χ4n) is 6.15. The van der Waals surface area contributed by atoms with Crippen molar-refractivity contribution in [1.82, 2.24) is 24.8 Å². The van der Waals surface area contributed by atoms with Gasteiger partial charge in [0.05, 0.1) is 18.6 Å². The second-order valence-electron chi connectivity index (χ2n) is 12.8. The molecule has 3 aliphatic rings. The second kappa shape index (κ2) is 14.8. The third-order valence-electron chi connectivity index (χ3n) is 9.10. The first-order valence-corrected chi connectivity index (χ1v) is 16.1. The zero-order valence-corrected chi connectivity index (χ0v) is 26.7. The first-order valence-electron chi connectivity index (χ1n) is 16.1. The molecule has 2 fully saturated rings. The van der Waals surface area contributed by atoms with E-state index in [4.69, 9.17) is 14.2 Å². The third kappa shape index (κ3) is 8.47. The summed E-state index contributed by atoms with van der Waals surface area (Å²) in [6, 6.07) is 3.25. The molecule has 0 radical (unpaired) electrons. The monoisotopic (exact) mass is 627 g/mol. The molecule has 0 aliphatic carbocycles. The molecule has 12 heteroatoms. The number of amides is 1. The summed E-state index contributed by atoms with van der Waals surface area (Å²) in [5.74, 6) is -1.36. The van der Waals surface area contributed by atoms with Crippen LogP contribution in [0, 0.1) is 17.7 Å². The van der Waals surface area contributed by atoms with E-state index in [0.29, 0.717) is 55.8 Å². The summed E-state index contributed by atoms with van der Waals surface area (Å²) < 4.78 is 32.5. The van der Waals surface area contributed by atoms with Crippen LogP contribution in [0.3, 0.4) is 0 Å². The topological polar surface area (TPSA) is 119 Å². The quantitative estimate of drug-likeness (QED) is 0.390. The molecule has 1 aromatic heterocycles. The molecule has 246 valence electrons. The average molecular weight is 628 g/mol. The van der Waals surface area contributed by atoms with Crippen LogP contribution in [0.1, 0.15) is 64.5 Å². The van der Waals surface area contributed by atoms with E-state index in [2.05, 4.69) is 15.1 Å². The summed E-state index contributed by atoms with van der Waals surface area (Å²) in [7, 11) is 2.03. The molecule has 45 heavy (non-hydrogen) atoms. The minimum absolute atomic E-state index is 0.0669. The minimum atomic E-state index is -0.882. The largest absolute Gasteiger partial charge is 0.457 e. The van der Waals surface area contributed by atoms with Crippen molar-refractivity contribution >= 4 is 29.2 Å². The van der Waals surface area contributed by atoms with Crippen LogP contribution in [0.25, 0.3) is 17.1 Å². The number of carbonyl (C=O) groups excluding carboxylic acids is 2. The number of aliphatic hydroxyl groups is 1. The molecule has 5 atom stereocenters. The number of benzene rings is 1. The number of aliphatic hydroxyl groups excluding tert-OH is 1. The number of hydrogen-bond donors (Lipinski definition) is 1. The zero-order chi connectivity index (χ0) is 32.1. The van der Waals surface area contributed by atoms with Gasteiger partial charge in [-0.1, -0.05) is 26.0 Å². The van der Waals surface area contributed by atoms with Crippen LogP contribution in [0.4, 0.5) is 9.18 Å². The van der Waals surface area contributed by atoms with Gasteiger partial charge in [-0.2, -0.15) is 9.90 Å². The van der Waals surface area contributed by atoms with Gasteiger partial charge in [-0.15, -0.1) is 5.10 Å². The van der Waals surface area contributed by atoms with Gasteiger partial charge in [-0.3, -0.25) is 4.79 Å². The molecule has 5 rings (SSSR count). The number of aromatic nitrogens is 3. The van der Waals surface area contributed by atoms with E-state index >= 15 is 4.39 Å². The van der Waals surface area contributed by atoms with Gasteiger partial charge in [0.25, 0.3) is 0 Å². The Morgan fingerprint density at radius 3 is 2.53 bits per heavy atom. The summed E-state index contributed by atoms with van der Waals surface area (Å²) in [4.78, 5) is 31.4. The highest BCUT2D eigenvalue weighted by Crippen LogP contribution is 2.28. The van der Waals surface area contributed by atoms with Crippen molar-refractivity contribution in [2.45, 2.75) is 77.2 Å². The number of cyclic esters (lactones) is 1. The van der Waals surface area contributed by atoms with Gasteiger partial charge in [0.1, 0.15) is 23.2 Å². The van der Waals surface area contributed by atoms with Crippen LogP contribution < -0.4 is 0 Å². The lowest BCUT2D eigenvalue weighted by atomic mass is 9.91. The molecule has 0 saturated carbocycles. The van der Waals surface area contributed by atoms with E-state index in [9.17, 15) is 14.7 Å². The van der Waals surface area contributed by atoms with Gasteiger partial charge in [0.15, 0.2) is 5.82 Å². The number of likely N-dealkylation sites (N-methyl/N-ethyl adjacent to an activating group) is 1. The van der Waals surface area contributed by atoms with E-state index in [1.54, 1.807) is 21.8 Å². The molecule has 1 N–H and O–H groups in total. The van der Waals surface area contributed by atoms with Crippen LogP contribution in [-0.2, 0) is 19.0 Å². The smallest absolute Gasteiger partial charge is 0.410 e. The molecule has 3 aliphatic heterocycles. The van der Waals surface area contributed by atoms with Gasteiger partial charge in [-0.25, -0.2) is 9.18 Å². The van der Waals surface area contributed by atoms with Crippen molar-refractivity contribution in [3.8, 4) is 0 Å². The number of piperazine rings is 1. The van der Waals surface area contributed by atoms with Crippen molar-refractivity contribution in [3.05, 3.63) is 41.2 Å². The van der Waals surface area contributed by atoms with E-state index < -0.39 is 30.1 Å². The molecular weight excluding hydrogens is 581 g/mol. The molecule has 1 amide bonds. The molecule has 4 heterocycles. The molecule has 11 nitrogen and oxygen atoms in total. The number of ether oxygens (including phenoxy) is 3. The average Bonchev–Trinajstić information content (AvgIpc) is 3.45. The van der Waals surface area contributed by atoms with Crippen LogP contribution >= 0.6 is 0 Å². The first kappa shape index (κ1) is 33.0. The summed E-state index contributed by atoms with van der Waals surface area (Å²) in [5.41, 5.74) is 1.93. The van der Waals surface area contributed by atoms with Crippen molar-refractivity contribution in [2.75, 3.05) is 46.4 Å².